The minimum atomic E-state index is -0.666. The molecule has 0 saturated heterocycles. The molecule has 0 aliphatic carbocycles. The van der Waals surface area contributed by atoms with Crippen LogP contribution in [0.15, 0.2) is 30.9 Å². The number of nitrogens with zero attached hydrogens (tertiary/aromatic N) is 2. The van der Waals surface area contributed by atoms with Crippen LogP contribution >= 0.6 is 0 Å². The quantitative estimate of drug-likeness (QED) is 0.354. The van der Waals surface area contributed by atoms with Crippen LogP contribution in [0.5, 0.6) is 0 Å². The minimum Gasteiger partial charge on any atom is -0.379 e. The van der Waals surface area contributed by atoms with Crippen molar-refractivity contribution >= 4 is 17.1 Å². The Morgan fingerprint density at radius 2 is 2.00 bits per heavy atom. The van der Waals surface area contributed by atoms with Gasteiger partial charge in [0.15, 0.2) is 0 Å². The number of nitro benzene ring substituents is 2. The molecule has 90 valence electrons. The van der Waals surface area contributed by atoms with Gasteiger partial charge in [-0.2, -0.15) is 0 Å². The maximum absolute atomic E-state index is 10.8. The molecule has 0 heterocycles. The number of nitro groups is 2. The van der Waals surface area contributed by atoms with Crippen LogP contribution in [0.4, 0.5) is 17.1 Å². The predicted molar refractivity (Wildman–Crippen MR) is 63.1 cm³/mol. The molecule has 0 radical (unpaired) electrons. The first kappa shape index (κ1) is 12.6. The van der Waals surface area contributed by atoms with E-state index in [0.717, 1.165) is 6.07 Å². The van der Waals surface area contributed by atoms with Gasteiger partial charge in [0.1, 0.15) is 5.69 Å². The summed E-state index contributed by atoms with van der Waals surface area (Å²) < 4.78 is 0. The molecule has 0 aliphatic rings. The highest BCUT2D eigenvalue weighted by molar-refractivity contribution is 5.65. The fourth-order valence-electron chi connectivity index (χ4n) is 1.24. The van der Waals surface area contributed by atoms with Gasteiger partial charge in [0.25, 0.3) is 11.4 Å². The normalized spacial score (nSPS) is 9.65. The van der Waals surface area contributed by atoms with Gasteiger partial charge < -0.3 is 5.32 Å². The van der Waals surface area contributed by atoms with E-state index in [1.165, 1.54) is 12.1 Å². The monoisotopic (exact) mass is 237 g/mol. The molecule has 7 nitrogen and oxygen atoms in total. The lowest BCUT2D eigenvalue weighted by atomic mass is 10.2. The first-order valence-electron chi connectivity index (χ1n) is 4.84. The van der Waals surface area contributed by atoms with E-state index in [-0.39, 0.29) is 17.1 Å². The van der Waals surface area contributed by atoms with Crippen molar-refractivity contribution in [3.63, 3.8) is 0 Å². The van der Waals surface area contributed by atoms with E-state index < -0.39 is 9.85 Å². The summed E-state index contributed by atoms with van der Waals surface area (Å²) in [5.41, 5.74) is -0.336. The molecule has 1 N–H and O–H groups in total. The number of benzene rings is 1. The number of hydrogen-bond donors (Lipinski definition) is 1. The Kier molecular flexibility index (Phi) is 4.15. The Morgan fingerprint density at radius 1 is 1.29 bits per heavy atom. The zero-order valence-electron chi connectivity index (χ0n) is 8.96. The average molecular weight is 237 g/mol. The van der Waals surface area contributed by atoms with Gasteiger partial charge in [-0.1, -0.05) is 6.08 Å². The summed E-state index contributed by atoms with van der Waals surface area (Å²) in [7, 11) is 0. The van der Waals surface area contributed by atoms with E-state index in [2.05, 4.69) is 11.9 Å². The highest BCUT2D eigenvalue weighted by Crippen LogP contribution is 2.28. The topological polar surface area (TPSA) is 98.3 Å². The molecule has 0 atom stereocenters. The van der Waals surface area contributed by atoms with Crippen LogP contribution in [0.3, 0.4) is 0 Å². The van der Waals surface area contributed by atoms with Crippen molar-refractivity contribution < 1.29 is 9.85 Å². The summed E-state index contributed by atoms with van der Waals surface area (Å²) in [6, 6.07) is 3.50. The lowest BCUT2D eigenvalue weighted by molar-refractivity contribution is -0.393. The molecule has 0 saturated carbocycles. The van der Waals surface area contributed by atoms with Crippen LogP contribution in [-0.2, 0) is 0 Å². The molecule has 0 amide bonds. The van der Waals surface area contributed by atoms with E-state index in [4.69, 9.17) is 0 Å². The second-order valence-corrected chi connectivity index (χ2v) is 3.22. The van der Waals surface area contributed by atoms with Gasteiger partial charge >= 0.3 is 0 Å². The van der Waals surface area contributed by atoms with Crippen LogP contribution in [0, 0.1) is 20.2 Å². The average Bonchev–Trinajstić information content (AvgIpc) is 2.29. The van der Waals surface area contributed by atoms with Gasteiger partial charge in [-0.25, -0.2) is 0 Å². The number of rotatable bonds is 6. The zero-order valence-corrected chi connectivity index (χ0v) is 8.96. The van der Waals surface area contributed by atoms with Crippen LogP contribution in [-0.4, -0.2) is 16.4 Å². The number of anilines is 1. The summed E-state index contributed by atoms with van der Waals surface area (Å²) in [4.78, 5) is 19.9. The van der Waals surface area contributed by atoms with Crippen molar-refractivity contribution in [3.05, 3.63) is 51.1 Å². The molecule has 0 unspecified atom stereocenters. The highest BCUT2D eigenvalue weighted by Gasteiger charge is 2.18. The third-order valence-electron chi connectivity index (χ3n) is 2.05. The van der Waals surface area contributed by atoms with E-state index in [1.54, 1.807) is 6.08 Å². The van der Waals surface area contributed by atoms with Crippen molar-refractivity contribution in [1.82, 2.24) is 0 Å². The Balaban J connectivity index is 3.00. The third kappa shape index (κ3) is 3.26. The molecule has 1 aromatic rings. The number of non-ortho nitro benzene ring substituents is 1. The van der Waals surface area contributed by atoms with Crippen LogP contribution < -0.4 is 5.32 Å². The molecular formula is C10H11N3O4. The van der Waals surface area contributed by atoms with Gasteiger partial charge in [0.2, 0.25) is 0 Å². The first-order chi connectivity index (χ1) is 8.06. The maximum atomic E-state index is 10.8. The Hall–Kier alpha value is -2.44. The highest BCUT2D eigenvalue weighted by atomic mass is 16.6. The van der Waals surface area contributed by atoms with Gasteiger partial charge in [-0.3, -0.25) is 20.2 Å². The standard InChI is InChI=1S/C10H11N3O4/c1-2-3-6-11-9-5-4-8(12(14)15)7-10(9)13(16)17/h2,4-5,7,11H,1,3,6H2. The molecule has 0 spiro atoms. The van der Waals surface area contributed by atoms with Gasteiger partial charge in [0, 0.05) is 12.6 Å². The molecule has 7 heteroatoms. The summed E-state index contributed by atoms with van der Waals surface area (Å²) >= 11 is 0. The molecule has 17 heavy (non-hydrogen) atoms. The molecule has 1 rings (SSSR count). The fourth-order valence-corrected chi connectivity index (χ4v) is 1.24. The molecule has 1 aromatic carbocycles. The van der Waals surface area contributed by atoms with Gasteiger partial charge in [0.05, 0.1) is 15.9 Å². The van der Waals surface area contributed by atoms with Gasteiger partial charge in [-0.15, -0.1) is 6.58 Å². The summed E-state index contributed by atoms with van der Waals surface area (Å²) in [5, 5.41) is 24.1. The summed E-state index contributed by atoms with van der Waals surface area (Å²) in [5.74, 6) is 0. The molecule has 0 aromatic heterocycles. The maximum Gasteiger partial charge on any atom is 0.299 e. The minimum absolute atomic E-state index is 0.266. The predicted octanol–water partition coefficient (Wildman–Crippen LogP) is 2.49. The van der Waals surface area contributed by atoms with E-state index >= 15 is 0 Å². The molecule has 0 aliphatic heterocycles. The van der Waals surface area contributed by atoms with Crippen LogP contribution in [0.2, 0.25) is 0 Å². The summed E-state index contributed by atoms with van der Waals surface area (Å²) in [6.07, 6.45) is 2.32. The lowest BCUT2D eigenvalue weighted by Crippen LogP contribution is -2.04. The van der Waals surface area contributed by atoms with Crippen molar-refractivity contribution in [3.8, 4) is 0 Å². The van der Waals surface area contributed by atoms with E-state index in [0.29, 0.717) is 13.0 Å². The van der Waals surface area contributed by atoms with Crippen LogP contribution in [0.1, 0.15) is 6.42 Å². The Bertz CT molecular complexity index is 459. The number of nitrogens with one attached hydrogen (secondary N) is 1. The lowest BCUT2D eigenvalue weighted by Gasteiger charge is -2.05. The molecular weight excluding hydrogens is 226 g/mol. The van der Waals surface area contributed by atoms with Crippen molar-refractivity contribution in [2.45, 2.75) is 6.42 Å². The Morgan fingerprint density at radius 3 is 2.53 bits per heavy atom. The largest absolute Gasteiger partial charge is 0.379 e. The fraction of sp³-hybridized carbons (Fsp3) is 0.200. The molecule has 0 fully saturated rings. The zero-order chi connectivity index (χ0) is 12.8. The second-order valence-electron chi connectivity index (χ2n) is 3.22. The van der Waals surface area contributed by atoms with Crippen LogP contribution in [0.25, 0.3) is 0 Å². The van der Waals surface area contributed by atoms with Crippen molar-refractivity contribution in [2.24, 2.45) is 0 Å². The Labute approximate surface area is 97.1 Å². The number of hydrogen-bond acceptors (Lipinski definition) is 5. The summed E-state index contributed by atoms with van der Waals surface area (Å²) in [6.45, 7) is 4.01. The molecule has 0 bridgehead atoms. The third-order valence-corrected chi connectivity index (χ3v) is 2.05. The van der Waals surface area contributed by atoms with Crippen molar-refractivity contribution in [1.29, 1.82) is 0 Å². The van der Waals surface area contributed by atoms with E-state index in [1.807, 2.05) is 0 Å². The van der Waals surface area contributed by atoms with Gasteiger partial charge in [-0.05, 0) is 12.5 Å². The first-order valence-corrected chi connectivity index (χ1v) is 4.84. The second kappa shape index (κ2) is 5.59. The smallest absolute Gasteiger partial charge is 0.299 e. The SMILES string of the molecule is C=CCCNc1ccc([N+](=O)[O-])cc1[N+](=O)[O-]. The van der Waals surface area contributed by atoms with E-state index in [9.17, 15) is 20.2 Å². The van der Waals surface area contributed by atoms with Crippen molar-refractivity contribution in [2.75, 3.05) is 11.9 Å².